The highest BCUT2D eigenvalue weighted by atomic mass is 32.2. The molecule has 0 amide bonds. The molecule has 0 unspecified atom stereocenters. The van der Waals surface area contributed by atoms with Gasteiger partial charge in [0.15, 0.2) is 9.79 Å². The minimum atomic E-state index is -0.723. The highest BCUT2D eigenvalue weighted by molar-refractivity contribution is 7.95. The molecule has 0 spiro atoms. The van der Waals surface area contributed by atoms with Crippen LogP contribution in [0.1, 0.15) is 0 Å². The molecule has 0 heterocycles. The largest absolute Gasteiger partial charge is 0.519 e. The molecular weight excluding hydrogens is 316 g/mol. The predicted molar refractivity (Wildman–Crippen MR) is 94.5 cm³/mol. The summed E-state index contributed by atoms with van der Waals surface area (Å²) in [4.78, 5) is 14.2. The van der Waals surface area contributed by atoms with Gasteiger partial charge in [-0.1, -0.05) is 0 Å². The van der Waals surface area contributed by atoms with Gasteiger partial charge in [0.1, 0.15) is 36.5 Å². The van der Waals surface area contributed by atoms with Crippen LogP contribution in [0.2, 0.25) is 0 Å². The lowest BCUT2D eigenvalue weighted by Gasteiger charge is -2.06. The third-order valence-corrected chi connectivity index (χ3v) is 5.42. The Balaban J connectivity index is 1.94. The monoisotopic (exact) mass is 336 g/mol. The Morgan fingerprint density at radius 2 is 1.00 bits per heavy atom. The molecule has 5 heteroatoms. The Hall–Kier alpha value is -1.59. The fourth-order valence-corrected chi connectivity index (χ4v) is 3.13. The minimum Gasteiger partial charge on any atom is -0.395 e. The molecule has 116 valence electrons. The second-order valence-electron chi connectivity index (χ2n) is 5.03. The highest BCUT2D eigenvalue weighted by Gasteiger charge is 2.12. The van der Waals surface area contributed by atoms with E-state index >= 15 is 0 Å². The van der Waals surface area contributed by atoms with Crippen LogP contribution in [-0.4, -0.2) is 31.2 Å². The van der Waals surface area contributed by atoms with E-state index in [4.69, 9.17) is 9.47 Å². The van der Waals surface area contributed by atoms with Gasteiger partial charge in [-0.3, -0.25) is 0 Å². The second kappa shape index (κ2) is 7.61. The zero-order valence-electron chi connectivity index (χ0n) is 13.2. The molecule has 0 aromatic heterocycles. The van der Waals surface area contributed by atoms with Crippen molar-refractivity contribution in [2.75, 3.05) is 25.0 Å². The molecule has 0 aliphatic rings. The summed E-state index contributed by atoms with van der Waals surface area (Å²) in [7, 11) is 0.383. The normalized spacial score (nSPS) is 10.8. The zero-order valence-corrected chi connectivity index (χ0v) is 14.8. The fourth-order valence-electron chi connectivity index (χ4n) is 1.77. The summed E-state index contributed by atoms with van der Waals surface area (Å²) in [6.45, 7) is 0. The second-order valence-corrected chi connectivity index (χ2v) is 9.24. The first-order valence-electron chi connectivity index (χ1n) is 6.70. The molecule has 3 nitrogen and oxygen atoms in total. The van der Waals surface area contributed by atoms with Crippen molar-refractivity contribution in [2.24, 2.45) is 0 Å². The topological polar surface area (TPSA) is 35.5 Å². The van der Waals surface area contributed by atoms with E-state index < -0.39 is 6.16 Å². The summed E-state index contributed by atoms with van der Waals surface area (Å²) in [6.07, 6.45) is 7.85. The van der Waals surface area contributed by atoms with Gasteiger partial charge < -0.3 is 9.47 Å². The van der Waals surface area contributed by atoms with Crippen LogP contribution >= 0.6 is 0 Å². The van der Waals surface area contributed by atoms with Crippen LogP contribution in [0.4, 0.5) is 4.79 Å². The molecule has 2 aromatic carbocycles. The van der Waals surface area contributed by atoms with E-state index in [1.54, 1.807) is 24.3 Å². The summed E-state index contributed by atoms with van der Waals surface area (Å²) in [5.41, 5.74) is 0. The van der Waals surface area contributed by atoms with Gasteiger partial charge in [0, 0.05) is 21.8 Å². The van der Waals surface area contributed by atoms with Crippen LogP contribution in [0.5, 0.6) is 11.5 Å². The summed E-state index contributed by atoms with van der Waals surface area (Å²) in [5.74, 6) is 0.971. The number of rotatable bonds is 4. The standard InChI is InChI=1S/C17H20O3S2/c1-21(2)15-9-5-13(6-10-15)19-17(18)20-14-7-11-16(12-8-14)22(3)4/h5-12H,1-4H3/q+2. The van der Waals surface area contributed by atoms with Crippen LogP contribution in [0.15, 0.2) is 58.3 Å². The van der Waals surface area contributed by atoms with Crippen molar-refractivity contribution in [3.05, 3.63) is 48.5 Å². The molecule has 0 atom stereocenters. The first kappa shape index (κ1) is 16.8. The van der Waals surface area contributed by atoms with Crippen molar-refractivity contribution in [3.63, 3.8) is 0 Å². The van der Waals surface area contributed by atoms with E-state index in [1.165, 1.54) is 9.79 Å². The van der Waals surface area contributed by atoms with Gasteiger partial charge >= 0.3 is 6.16 Å². The van der Waals surface area contributed by atoms with Crippen molar-refractivity contribution in [1.29, 1.82) is 0 Å². The molecule has 0 radical (unpaired) electrons. The van der Waals surface area contributed by atoms with Crippen molar-refractivity contribution in [2.45, 2.75) is 9.79 Å². The first-order chi connectivity index (χ1) is 10.5. The SMILES string of the molecule is C[S+](C)c1ccc(OC(=O)Oc2ccc([S+](C)C)cc2)cc1. The van der Waals surface area contributed by atoms with Gasteiger partial charge in [-0.25, -0.2) is 4.79 Å². The van der Waals surface area contributed by atoms with Crippen LogP contribution in [0.3, 0.4) is 0 Å². The molecule has 2 aromatic rings. The summed E-state index contributed by atoms with van der Waals surface area (Å²) < 4.78 is 10.3. The van der Waals surface area contributed by atoms with Crippen LogP contribution in [0.25, 0.3) is 0 Å². The third-order valence-electron chi connectivity index (χ3n) is 2.99. The molecule has 0 saturated heterocycles. The summed E-state index contributed by atoms with van der Waals surface area (Å²) in [6, 6.07) is 15.0. The molecule has 0 aliphatic carbocycles. The number of hydrogen-bond donors (Lipinski definition) is 0. The first-order valence-corrected chi connectivity index (χ1v) is 10.8. The van der Waals surface area contributed by atoms with Gasteiger partial charge in [0.25, 0.3) is 0 Å². The van der Waals surface area contributed by atoms with E-state index in [-0.39, 0.29) is 21.8 Å². The predicted octanol–water partition coefficient (Wildman–Crippen LogP) is 3.74. The Morgan fingerprint density at radius 1 is 0.682 bits per heavy atom. The summed E-state index contributed by atoms with van der Waals surface area (Å²) >= 11 is 0. The molecule has 2 rings (SSSR count). The van der Waals surface area contributed by atoms with Crippen molar-refractivity contribution in [3.8, 4) is 11.5 Å². The number of ether oxygens (including phenoxy) is 2. The Morgan fingerprint density at radius 3 is 1.27 bits per heavy atom. The average Bonchev–Trinajstić information content (AvgIpc) is 2.48. The van der Waals surface area contributed by atoms with Crippen molar-refractivity contribution >= 4 is 27.9 Å². The fraction of sp³-hybridized carbons (Fsp3) is 0.235. The maximum absolute atomic E-state index is 11.8. The van der Waals surface area contributed by atoms with Crippen LogP contribution in [-0.2, 0) is 21.8 Å². The molecular formula is C17H20O3S2+2. The van der Waals surface area contributed by atoms with Gasteiger partial charge in [-0.2, -0.15) is 0 Å². The number of hydrogen-bond acceptors (Lipinski definition) is 3. The van der Waals surface area contributed by atoms with Crippen LogP contribution in [0, 0.1) is 0 Å². The maximum Gasteiger partial charge on any atom is 0.519 e. The average molecular weight is 336 g/mol. The van der Waals surface area contributed by atoms with E-state index in [0.29, 0.717) is 11.5 Å². The van der Waals surface area contributed by atoms with Crippen LogP contribution < -0.4 is 9.47 Å². The van der Waals surface area contributed by atoms with Crippen molar-refractivity contribution < 1.29 is 14.3 Å². The number of benzene rings is 2. The third kappa shape index (κ3) is 4.71. The molecule has 0 N–H and O–H groups in total. The minimum absolute atomic E-state index is 0.191. The van der Waals surface area contributed by atoms with E-state index in [9.17, 15) is 4.79 Å². The van der Waals surface area contributed by atoms with Gasteiger partial charge in [0.05, 0.1) is 0 Å². The lowest BCUT2D eigenvalue weighted by molar-refractivity contribution is 0.152. The Bertz CT molecular complexity index is 564. The van der Waals surface area contributed by atoms with E-state index in [0.717, 1.165) is 0 Å². The molecule has 22 heavy (non-hydrogen) atoms. The quantitative estimate of drug-likeness (QED) is 0.485. The highest BCUT2D eigenvalue weighted by Crippen LogP contribution is 2.19. The molecule has 0 aliphatic heterocycles. The Labute approximate surface area is 137 Å². The zero-order chi connectivity index (χ0) is 16.1. The van der Waals surface area contributed by atoms with Gasteiger partial charge in [-0.05, 0) is 48.5 Å². The molecule has 0 fully saturated rings. The van der Waals surface area contributed by atoms with Gasteiger partial charge in [-0.15, -0.1) is 0 Å². The van der Waals surface area contributed by atoms with Gasteiger partial charge in [0.2, 0.25) is 0 Å². The van der Waals surface area contributed by atoms with Crippen molar-refractivity contribution in [1.82, 2.24) is 0 Å². The lowest BCUT2D eigenvalue weighted by atomic mass is 10.3. The Kier molecular flexibility index (Phi) is 5.80. The van der Waals surface area contributed by atoms with E-state index in [1.807, 2.05) is 24.3 Å². The smallest absolute Gasteiger partial charge is 0.395 e. The summed E-state index contributed by atoms with van der Waals surface area (Å²) in [5, 5.41) is 0. The maximum atomic E-state index is 11.8. The number of carbonyl (C=O) groups is 1. The number of carbonyl (C=O) groups excluding carboxylic acids is 1. The lowest BCUT2D eigenvalue weighted by Crippen LogP contribution is -2.13. The molecule has 0 saturated carbocycles. The van der Waals surface area contributed by atoms with E-state index in [2.05, 4.69) is 25.0 Å². The molecule has 0 bridgehead atoms.